The second-order valence-corrected chi connectivity index (χ2v) is 8.83. The fourth-order valence-corrected chi connectivity index (χ4v) is 4.53. The van der Waals surface area contributed by atoms with Crippen LogP contribution in [-0.2, 0) is 19.5 Å². The van der Waals surface area contributed by atoms with E-state index in [4.69, 9.17) is 21.6 Å². The Morgan fingerprint density at radius 2 is 2.09 bits per heavy atom. The van der Waals surface area contributed by atoms with Gasteiger partial charge in [-0.1, -0.05) is 42.8 Å². The third kappa shape index (κ3) is 4.56. The average Bonchev–Trinajstić information content (AvgIpc) is 3.47. The smallest absolute Gasteiger partial charge is 0.225 e. The Balaban J connectivity index is 1.50. The first kappa shape index (κ1) is 21.8. The summed E-state index contributed by atoms with van der Waals surface area (Å²) in [5.74, 6) is 1.48. The molecule has 1 unspecified atom stereocenters. The van der Waals surface area contributed by atoms with E-state index in [0.717, 1.165) is 55.1 Å². The maximum Gasteiger partial charge on any atom is 0.225 e. The third-order valence-corrected chi connectivity index (χ3v) is 6.49. The van der Waals surface area contributed by atoms with Gasteiger partial charge in [0.1, 0.15) is 17.2 Å². The van der Waals surface area contributed by atoms with Crippen LogP contribution in [-0.4, -0.2) is 32.6 Å². The zero-order valence-electron chi connectivity index (χ0n) is 18.5. The maximum absolute atomic E-state index is 14.3. The van der Waals surface area contributed by atoms with E-state index in [9.17, 15) is 4.39 Å². The second kappa shape index (κ2) is 9.45. The first-order valence-corrected chi connectivity index (χ1v) is 11.7. The van der Waals surface area contributed by atoms with E-state index in [0.29, 0.717) is 34.5 Å². The molecule has 1 fully saturated rings. The quantitative estimate of drug-likeness (QED) is 0.399. The molecule has 4 aromatic rings. The molecule has 0 bridgehead atoms. The average molecular weight is 465 g/mol. The summed E-state index contributed by atoms with van der Waals surface area (Å²) in [5, 5.41) is 7.26. The molecule has 6 nitrogen and oxygen atoms in total. The van der Waals surface area contributed by atoms with Gasteiger partial charge in [0.05, 0.1) is 11.2 Å². The molecule has 8 heteroatoms. The van der Waals surface area contributed by atoms with Crippen LogP contribution in [0.4, 0.5) is 10.3 Å². The minimum absolute atomic E-state index is 0.236. The summed E-state index contributed by atoms with van der Waals surface area (Å²) < 4.78 is 16.4. The molecule has 0 spiro atoms. The lowest BCUT2D eigenvalue weighted by molar-refractivity contribution is 0.490. The summed E-state index contributed by atoms with van der Waals surface area (Å²) in [6.07, 6.45) is 3.67. The molecule has 0 amide bonds. The third-order valence-electron chi connectivity index (χ3n) is 6.16. The first-order chi connectivity index (χ1) is 16.1. The molecule has 0 aliphatic carbocycles. The highest BCUT2D eigenvalue weighted by atomic mass is 35.5. The number of benzene rings is 2. The zero-order chi connectivity index (χ0) is 22.8. The predicted octanol–water partition coefficient (Wildman–Crippen LogP) is 5.07. The van der Waals surface area contributed by atoms with Crippen LogP contribution < -0.4 is 10.6 Å². The first-order valence-electron chi connectivity index (χ1n) is 11.3. The lowest BCUT2D eigenvalue weighted by Crippen LogP contribution is -2.16. The normalized spacial score (nSPS) is 15.9. The highest BCUT2D eigenvalue weighted by Gasteiger charge is 2.22. The van der Waals surface area contributed by atoms with Gasteiger partial charge in [-0.15, -0.1) is 0 Å². The van der Waals surface area contributed by atoms with E-state index in [1.54, 1.807) is 6.20 Å². The van der Waals surface area contributed by atoms with Crippen molar-refractivity contribution >= 4 is 28.7 Å². The van der Waals surface area contributed by atoms with Crippen molar-refractivity contribution in [2.24, 2.45) is 5.92 Å². The van der Waals surface area contributed by atoms with Crippen LogP contribution in [0.25, 0.3) is 22.6 Å². The lowest BCUT2D eigenvalue weighted by atomic mass is 10.1. The number of hydrogen-bond acceptors (Lipinski definition) is 5. The number of imidazole rings is 1. The summed E-state index contributed by atoms with van der Waals surface area (Å²) in [6.45, 7) is 5.13. The highest BCUT2D eigenvalue weighted by Crippen LogP contribution is 2.31. The van der Waals surface area contributed by atoms with Gasteiger partial charge in [0.15, 0.2) is 5.65 Å². The number of nitrogens with zero attached hydrogens (tertiary/aromatic N) is 4. The molecule has 0 radical (unpaired) electrons. The summed E-state index contributed by atoms with van der Waals surface area (Å²) in [4.78, 5) is 14.0. The lowest BCUT2D eigenvalue weighted by Gasteiger charge is -2.14. The standard InChI is InChI=1S/C25H26ClFN6/c1-2-16-7-8-21(27)18(11-16)13-29-25-30-14-22-24(32-25)33(15-17-9-10-28-12-17)23(31-22)19-5-3-4-6-20(19)26/h3-8,11,14,17,28H,2,9-10,12-13,15H2,1H3,(H,29,30,32). The number of halogens is 2. The number of aromatic nitrogens is 4. The molecule has 2 aromatic carbocycles. The molecular weight excluding hydrogens is 439 g/mol. The van der Waals surface area contributed by atoms with E-state index in [2.05, 4.69) is 27.1 Å². The van der Waals surface area contributed by atoms with Crippen molar-refractivity contribution in [2.45, 2.75) is 32.9 Å². The van der Waals surface area contributed by atoms with Crippen LogP contribution >= 0.6 is 11.6 Å². The van der Waals surface area contributed by atoms with Gasteiger partial charge in [0, 0.05) is 24.2 Å². The van der Waals surface area contributed by atoms with Gasteiger partial charge in [-0.2, -0.15) is 4.98 Å². The molecule has 2 N–H and O–H groups in total. The van der Waals surface area contributed by atoms with Crippen molar-refractivity contribution in [3.8, 4) is 11.4 Å². The van der Waals surface area contributed by atoms with Crippen molar-refractivity contribution < 1.29 is 4.39 Å². The van der Waals surface area contributed by atoms with Crippen molar-refractivity contribution in [3.63, 3.8) is 0 Å². The monoisotopic (exact) mass is 464 g/mol. The van der Waals surface area contributed by atoms with Crippen molar-refractivity contribution in [1.82, 2.24) is 24.8 Å². The molecule has 3 heterocycles. The molecule has 5 rings (SSSR count). The van der Waals surface area contributed by atoms with E-state index in [1.807, 2.05) is 36.4 Å². The predicted molar refractivity (Wildman–Crippen MR) is 130 cm³/mol. The number of nitrogens with one attached hydrogen (secondary N) is 2. The number of rotatable bonds is 7. The fraction of sp³-hybridized carbons (Fsp3) is 0.320. The van der Waals surface area contributed by atoms with Crippen molar-refractivity contribution in [1.29, 1.82) is 0 Å². The Morgan fingerprint density at radius 1 is 1.21 bits per heavy atom. The summed E-state index contributed by atoms with van der Waals surface area (Å²) in [5.41, 5.74) is 4.02. The minimum Gasteiger partial charge on any atom is -0.350 e. The summed E-state index contributed by atoms with van der Waals surface area (Å²) in [7, 11) is 0. The molecule has 1 aliphatic heterocycles. The number of hydrogen-bond donors (Lipinski definition) is 2. The summed E-state index contributed by atoms with van der Waals surface area (Å²) in [6, 6.07) is 12.9. The number of anilines is 1. The van der Waals surface area contributed by atoms with E-state index in [1.165, 1.54) is 6.07 Å². The van der Waals surface area contributed by atoms with Crippen LogP contribution in [0.1, 0.15) is 24.5 Å². The van der Waals surface area contributed by atoms with Gasteiger partial charge >= 0.3 is 0 Å². The number of fused-ring (bicyclic) bond motifs is 1. The van der Waals surface area contributed by atoms with Gasteiger partial charge in [-0.05, 0) is 55.6 Å². The number of aryl methyl sites for hydroxylation is 1. The SMILES string of the molecule is CCc1ccc(F)c(CNc2ncc3nc(-c4ccccc4Cl)n(CC4CCNC4)c3n2)c1. The largest absolute Gasteiger partial charge is 0.350 e. The Bertz CT molecular complexity index is 1280. The van der Waals surface area contributed by atoms with E-state index < -0.39 is 0 Å². The van der Waals surface area contributed by atoms with E-state index in [-0.39, 0.29) is 5.82 Å². The topological polar surface area (TPSA) is 67.7 Å². The van der Waals surface area contributed by atoms with Crippen LogP contribution in [0.2, 0.25) is 5.02 Å². The zero-order valence-corrected chi connectivity index (χ0v) is 19.2. The maximum atomic E-state index is 14.3. The van der Waals surface area contributed by atoms with Gasteiger partial charge in [0.2, 0.25) is 5.95 Å². The summed E-state index contributed by atoms with van der Waals surface area (Å²) >= 11 is 6.51. The Morgan fingerprint density at radius 3 is 2.88 bits per heavy atom. The molecule has 1 aliphatic rings. The van der Waals surface area contributed by atoms with Crippen LogP contribution in [0.3, 0.4) is 0 Å². The van der Waals surface area contributed by atoms with Crippen LogP contribution in [0, 0.1) is 11.7 Å². The molecule has 170 valence electrons. The molecule has 33 heavy (non-hydrogen) atoms. The molecule has 1 saturated heterocycles. The van der Waals surface area contributed by atoms with Crippen molar-refractivity contribution in [2.75, 3.05) is 18.4 Å². The Hall–Kier alpha value is -3.03. The van der Waals surface area contributed by atoms with Gasteiger partial charge in [-0.3, -0.25) is 0 Å². The van der Waals surface area contributed by atoms with Crippen LogP contribution in [0.5, 0.6) is 0 Å². The van der Waals surface area contributed by atoms with Gasteiger partial charge in [0.25, 0.3) is 0 Å². The minimum atomic E-state index is -0.236. The highest BCUT2D eigenvalue weighted by molar-refractivity contribution is 6.33. The molecule has 1 atom stereocenters. The fourth-order valence-electron chi connectivity index (χ4n) is 4.31. The Kier molecular flexibility index (Phi) is 6.24. The van der Waals surface area contributed by atoms with Crippen LogP contribution in [0.15, 0.2) is 48.7 Å². The molecule has 2 aromatic heterocycles. The molecular formula is C25H26ClFN6. The van der Waals surface area contributed by atoms with E-state index >= 15 is 0 Å². The Labute approximate surface area is 197 Å². The van der Waals surface area contributed by atoms with Gasteiger partial charge in [-0.25, -0.2) is 14.4 Å². The van der Waals surface area contributed by atoms with Crippen molar-refractivity contribution in [3.05, 3.63) is 70.6 Å². The molecule has 0 saturated carbocycles. The van der Waals surface area contributed by atoms with Gasteiger partial charge < -0.3 is 15.2 Å². The second-order valence-electron chi connectivity index (χ2n) is 8.42.